The predicted octanol–water partition coefficient (Wildman–Crippen LogP) is 2.74. The number of alkyl carbamates (subject to hydrolysis) is 2. The average molecular weight is 1470 g/mol. The fourth-order valence-corrected chi connectivity index (χ4v) is 11.3. The van der Waals surface area contributed by atoms with E-state index in [9.17, 15) is 84.1 Å². The van der Waals surface area contributed by atoms with Gasteiger partial charge in [0, 0.05) is 80.1 Å². The number of carbonyl (C=O) groups excluding carboxylic acids is 7. The number of carboxylic acids is 1. The third-order valence-electron chi connectivity index (χ3n) is 14.1. The number of Topliss-reactive ketones (excluding diaryl/α,β-unsaturated/α-hetero) is 1. The normalized spacial score (nSPS) is 20.9. The third kappa shape index (κ3) is 29.1. The van der Waals surface area contributed by atoms with Crippen LogP contribution in [0.1, 0.15) is 106 Å². The van der Waals surface area contributed by atoms with Crippen molar-refractivity contribution >= 4 is 82.6 Å². The van der Waals surface area contributed by atoms with Crippen molar-refractivity contribution in [3.63, 3.8) is 0 Å². The molecule has 2 aliphatic rings. The number of aliphatic hydroxyl groups is 4. The number of nitrogens with zero attached hydrogens (tertiary/aromatic N) is 2. The summed E-state index contributed by atoms with van der Waals surface area (Å²) < 4.78 is 63.5. The highest BCUT2D eigenvalue weighted by Crippen LogP contribution is 2.39. The lowest BCUT2D eigenvalue weighted by Crippen LogP contribution is -2.66. The van der Waals surface area contributed by atoms with Crippen LogP contribution in [0.2, 0.25) is 0 Å². The maximum absolute atomic E-state index is 13.1. The first-order valence-corrected chi connectivity index (χ1v) is 33.3. The molecule has 12 unspecified atom stereocenters. The van der Waals surface area contributed by atoms with Gasteiger partial charge < -0.3 is 109 Å². The zero-order valence-corrected chi connectivity index (χ0v) is 58.8. The van der Waals surface area contributed by atoms with Crippen LogP contribution in [0, 0.1) is 20.2 Å². The molecule has 0 radical (unpaired) electrons. The number of aliphatic hydroxyl groups excluding tert-OH is 4. The van der Waals surface area contributed by atoms with Gasteiger partial charge in [0.25, 0.3) is 17.3 Å². The van der Waals surface area contributed by atoms with Gasteiger partial charge in [-0.3, -0.25) is 34.6 Å². The van der Waals surface area contributed by atoms with Crippen LogP contribution in [-0.4, -0.2) is 247 Å². The number of amides is 4. The van der Waals surface area contributed by atoms with E-state index in [2.05, 4.69) is 21.3 Å². The molecule has 38 heteroatoms. The molecule has 2 fully saturated rings. The number of hydrogen-bond acceptors (Lipinski definition) is 31. The molecule has 2 saturated heterocycles. The number of aliphatic carboxylic acids is 1. The zero-order chi connectivity index (χ0) is 74.5. The first-order chi connectivity index (χ1) is 46.5. The number of hydrogen-bond donors (Lipinski definition) is 10. The Bertz CT molecular complexity index is 3030. The summed E-state index contributed by atoms with van der Waals surface area (Å²) >= 11 is 2.30. The molecule has 0 saturated carbocycles. The zero-order valence-electron chi connectivity index (χ0n) is 57.2. The van der Waals surface area contributed by atoms with Gasteiger partial charge in [0.1, 0.15) is 65.7 Å². The van der Waals surface area contributed by atoms with Gasteiger partial charge in [0.05, 0.1) is 69.7 Å². The van der Waals surface area contributed by atoms with Gasteiger partial charge in [-0.2, -0.15) is 23.5 Å². The van der Waals surface area contributed by atoms with Crippen molar-refractivity contribution < 1.29 is 131 Å². The summed E-state index contributed by atoms with van der Waals surface area (Å²) in [4.78, 5) is 121. The summed E-state index contributed by atoms with van der Waals surface area (Å²) in [5, 5.41) is 85.5. The van der Waals surface area contributed by atoms with Gasteiger partial charge in [0.2, 0.25) is 5.91 Å². The molecule has 12 atom stereocenters. The molecular formula is C62H97N7O29S2. The molecule has 2 aliphatic heterocycles. The first-order valence-electron chi connectivity index (χ1n) is 31.0. The van der Waals surface area contributed by atoms with Crippen molar-refractivity contribution in [2.45, 2.75) is 190 Å². The molecule has 0 aliphatic carbocycles. The number of thioether (sulfide) groups is 2. The van der Waals surface area contributed by atoms with E-state index >= 15 is 0 Å². The quantitative estimate of drug-likeness (QED) is 0.0153. The maximum atomic E-state index is 13.1. The van der Waals surface area contributed by atoms with Crippen LogP contribution >= 0.6 is 23.5 Å². The fraction of sp³-hybridized carbons (Fsp3) is 0.677. The van der Waals surface area contributed by atoms with E-state index in [1.165, 1.54) is 64.3 Å². The molecule has 36 nitrogen and oxygen atoms in total. The molecule has 2 aromatic carbocycles. The lowest BCUT2D eigenvalue weighted by atomic mass is 9.94. The van der Waals surface area contributed by atoms with Crippen molar-refractivity contribution in [2.75, 3.05) is 79.9 Å². The highest BCUT2D eigenvalue weighted by molar-refractivity contribution is 7.98. The third-order valence-corrected chi connectivity index (χ3v) is 16.2. The van der Waals surface area contributed by atoms with Crippen molar-refractivity contribution in [2.24, 2.45) is 5.73 Å². The smallest absolute Gasteiger partial charge is 0.408 e. The Morgan fingerprint density at radius 2 is 1.08 bits per heavy atom. The second-order valence-corrected chi connectivity index (χ2v) is 26.1. The van der Waals surface area contributed by atoms with E-state index in [4.69, 9.17) is 62.6 Å². The molecule has 566 valence electrons. The topological polar surface area (TPSA) is 509 Å². The Balaban J connectivity index is 0.000000765. The monoisotopic (exact) mass is 1470 g/mol. The molecule has 2 aromatic rings. The Morgan fingerprint density at radius 3 is 1.50 bits per heavy atom. The number of ketones is 1. The average Bonchev–Trinajstić information content (AvgIpc) is 0.787. The summed E-state index contributed by atoms with van der Waals surface area (Å²) in [5.74, 6) is -3.16. The van der Waals surface area contributed by atoms with E-state index in [1.54, 1.807) is 41.5 Å². The number of carbonyl (C=O) groups is 8. The first kappa shape index (κ1) is 88.4. The highest BCUT2D eigenvalue weighted by atomic mass is 32.2. The maximum Gasteiger partial charge on any atom is 0.408 e. The number of nitro groups is 2. The number of benzene rings is 2. The fourth-order valence-electron chi connectivity index (χ4n) is 9.25. The van der Waals surface area contributed by atoms with Crippen molar-refractivity contribution in [1.29, 1.82) is 0 Å². The Morgan fingerprint density at radius 1 is 0.620 bits per heavy atom. The van der Waals surface area contributed by atoms with Gasteiger partial charge in [-0.15, -0.1) is 0 Å². The minimum atomic E-state index is -1.88. The van der Waals surface area contributed by atoms with Crippen LogP contribution in [0.4, 0.5) is 21.0 Å². The van der Waals surface area contributed by atoms with E-state index in [0.717, 1.165) is 26.0 Å². The van der Waals surface area contributed by atoms with Gasteiger partial charge in [-0.1, -0.05) is 7.43 Å². The van der Waals surface area contributed by atoms with E-state index < -0.39 is 130 Å². The summed E-state index contributed by atoms with van der Waals surface area (Å²) in [6, 6.07) is 3.26. The van der Waals surface area contributed by atoms with Gasteiger partial charge in [0.15, 0.2) is 41.5 Å². The SMILES string of the molecule is C.COC(=O)C(CSCc1cc(OC)c(OCCCC(=O)CCCNC(=O)C2OC(OC3C(C(=O)O)OC(C)C(O)C3O)C(O)C(O)C2OC)cc1[N+](=O)[O-])NC(=O)OC(C)(C)C.COC(=O)C(CSCc1cc(OC)c(OCCCC(=O)NCCN)cc1[N+](=O)[O-])NC(=O)OC(C)(C)C. The summed E-state index contributed by atoms with van der Waals surface area (Å²) in [5.41, 5.74) is 3.88. The van der Waals surface area contributed by atoms with E-state index in [0.29, 0.717) is 25.1 Å². The van der Waals surface area contributed by atoms with Crippen LogP contribution < -0.4 is 45.9 Å². The number of rotatable bonds is 37. The second-order valence-electron chi connectivity index (χ2n) is 24.0. The minimum absolute atomic E-state index is 0. The largest absolute Gasteiger partial charge is 0.493 e. The van der Waals surface area contributed by atoms with Crippen molar-refractivity contribution in [1.82, 2.24) is 21.3 Å². The molecule has 4 rings (SSSR count). The Labute approximate surface area is 586 Å². The van der Waals surface area contributed by atoms with Crippen LogP contribution in [-0.2, 0) is 78.2 Å². The van der Waals surface area contributed by atoms with Gasteiger partial charge in [-0.05, 0) is 79.9 Å². The van der Waals surface area contributed by atoms with Crippen LogP contribution in [0.5, 0.6) is 23.0 Å². The van der Waals surface area contributed by atoms with Crippen molar-refractivity contribution in [3.05, 3.63) is 55.6 Å². The lowest BCUT2D eigenvalue weighted by molar-refractivity contribution is -0.385. The summed E-state index contributed by atoms with van der Waals surface area (Å²) in [7, 11) is 6.25. The highest BCUT2D eigenvalue weighted by Gasteiger charge is 2.53. The number of carboxylic acid groups (broad SMARTS) is 1. The molecule has 0 aromatic heterocycles. The number of ether oxygens (including phenoxy) is 12. The lowest BCUT2D eigenvalue weighted by Gasteiger charge is -2.45. The molecular weight excluding hydrogens is 1370 g/mol. The number of nitrogens with one attached hydrogen (secondary N) is 4. The molecule has 100 heavy (non-hydrogen) atoms. The molecule has 0 spiro atoms. The van der Waals surface area contributed by atoms with Gasteiger partial charge in [-0.25, -0.2) is 24.0 Å². The van der Waals surface area contributed by atoms with Crippen molar-refractivity contribution in [3.8, 4) is 23.0 Å². The van der Waals surface area contributed by atoms with E-state index in [1.807, 2.05) is 0 Å². The van der Waals surface area contributed by atoms with Crippen LogP contribution in [0.3, 0.4) is 0 Å². The number of esters is 2. The van der Waals surface area contributed by atoms with Crippen LogP contribution in [0.15, 0.2) is 24.3 Å². The molecule has 0 bridgehead atoms. The molecule has 2 heterocycles. The second kappa shape index (κ2) is 43.2. The Kier molecular flexibility index (Phi) is 38.2. The van der Waals surface area contributed by atoms with E-state index in [-0.39, 0.29) is 134 Å². The number of methoxy groups -OCH3 is 5. The molecule has 4 amide bonds. The number of nitrogens with two attached hydrogens (primary N) is 1. The standard InChI is InChI=1S/C38H57N3O20S.C23H36N4O9S.CH4/c1-18-25(43)26(44)30(32(58-18)34(48)49)59-36-28(46)27(45)29(55-6)31(60-36)33(47)39-12-8-10-20(42)11-9-13-57-24-15-22(41(52)53)19(14-23(24)54-5)16-62-17-21(35(50)56-7)40-37(51)61-38(2,3)4;1-23(2,3)36-22(30)26-16(21(29)34-5)14-37-13-15-11-18(33-4)19(12-17(15)27(31)32)35-10-6-7-20(28)25-9-8-24;/h14-15,18,21,25-32,36,43-46H,8-13,16-17H2,1-7H3,(H,39,47)(H,40,51)(H,48,49);11-12,16H,6-10,13-14,24H2,1-5H3,(H,25,28)(H,26,30);1H4. The molecule has 11 N–H and O–H groups in total. The predicted molar refractivity (Wildman–Crippen MR) is 358 cm³/mol. The Hall–Kier alpha value is -7.66. The summed E-state index contributed by atoms with van der Waals surface area (Å²) in [6.07, 6.45) is -17.0. The van der Waals surface area contributed by atoms with Crippen LogP contribution in [0.25, 0.3) is 0 Å². The number of nitro benzene ring substituents is 2. The summed E-state index contributed by atoms with van der Waals surface area (Å²) in [6.45, 7) is 12.2. The minimum Gasteiger partial charge on any atom is -0.493 e. The van der Waals surface area contributed by atoms with Gasteiger partial charge >= 0.3 is 30.1 Å².